The summed E-state index contributed by atoms with van der Waals surface area (Å²) in [5, 5.41) is 2.79. The van der Waals surface area contributed by atoms with Crippen LogP contribution in [0.3, 0.4) is 0 Å². The molecule has 44 heavy (non-hydrogen) atoms. The lowest BCUT2D eigenvalue weighted by atomic mass is 9.83. The van der Waals surface area contributed by atoms with Gasteiger partial charge in [0, 0.05) is 36.8 Å². The van der Waals surface area contributed by atoms with E-state index in [1.807, 2.05) is 20.8 Å². The van der Waals surface area contributed by atoms with Crippen LogP contribution < -0.4 is 14.8 Å². The zero-order valence-electron chi connectivity index (χ0n) is 26.0. The number of hydrogen-bond donors (Lipinski definition) is 1. The molecule has 7 nitrogen and oxygen atoms in total. The van der Waals surface area contributed by atoms with Crippen LogP contribution in [0.25, 0.3) is 0 Å². The number of rotatable bonds is 11. The van der Waals surface area contributed by atoms with Crippen molar-refractivity contribution in [2.24, 2.45) is 0 Å². The average molecular weight is 616 g/mol. The number of alkyl halides is 3. The average Bonchev–Trinajstić information content (AvgIpc) is 3.33. The predicted octanol–water partition coefficient (Wildman–Crippen LogP) is 7.12. The number of ether oxygens (including phenoxy) is 4. The number of allylic oxidation sites excluding steroid dienone is 4. The highest BCUT2D eigenvalue weighted by molar-refractivity contribution is 6.00. The molecule has 0 aromatic heterocycles. The Morgan fingerprint density at radius 3 is 2.41 bits per heavy atom. The molecule has 2 aliphatic rings. The van der Waals surface area contributed by atoms with E-state index in [4.69, 9.17) is 18.9 Å². The van der Waals surface area contributed by atoms with Crippen LogP contribution >= 0.6 is 0 Å². The van der Waals surface area contributed by atoms with Crippen molar-refractivity contribution in [1.82, 2.24) is 5.32 Å². The molecule has 10 heteroatoms. The molecular formula is C34H40F3NO6. The first-order valence-corrected chi connectivity index (χ1v) is 14.6. The number of halogens is 3. The molecule has 0 radical (unpaired) electrons. The second-order valence-corrected chi connectivity index (χ2v) is 11.8. The van der Waals surface area contributed by atoms with E-state index < -0.39 is 35.0 Å². The Morgan fingerprint density at radius 2 is 1.80 bits per heavy atom. The van der Waals surface area contributed by atoms with Crippen molar-refractivity contribution >= 4 is 11.9 Å². The van der Waals surface area contributed by atoms with Gasteiger partial charge in [-0.15, -0.1) is 0 Å². The molecule has 2 aromatic carbocycles. The first-order chi connectivity index (χ1) is 20.8. The molecule has 0 aliphatic carbocycles. The molecule has 2 aromatic rings. The molecule has 4 rings (SSSR count). The first kappa shape index (κ1) is 33.1. The molecule has 0 saturated carbocycles. The fraction of sp³-hybridized carbons (Fsp3) is 0.471. The predicted molar refractivity (Wildman–Crippen MR) is 160 cm³/mol. The molecule has 0 fully saturated rings. The lowest BCUT2D eigenvalue weighted by Gasteiger charge is -2.44. The summed E-state index contributed by atoms with van der Waals surface area (Å²) >= 11 is 0. The molecule has 3 atom stereocenters. The minimum absolute atomic E-state index is 0.0118. The van der Waals surface area contributed by atoms with Gasteiger partial charge in [0.2, 0.25) is 0 Å². The van der Waals surface area contributed by atoms with E-state index >= 15 is 0 Å². The van der Waals surface area contributed by atoms with Crippen molar-refractivity contribution in [2.75, 3.05) is 14.2 Å². The van der Waals surface area contributed by atoms with Gasteiger partial charge in [-0.1, -0.05) is 53.6 Å². The van der Waals surface area contributed by atoms with Gasteiger partial charge < -0.3 is 24.3 Å². The van der Waals surface area contributed by atoms with Gasteiger partial charge >= 0.3 is 12.1 Å². The Kier molecular flexibility index (Phi) is 9.83. The van der Waals surface area contributed by atoms with Crippen molar-refractivity contribution in [1.29, 1.82) is 0 Å². The third kappa shape index (κ3) is 6.36. The largest absolute Gasteiger partial charge is 0.496 e. The third-order valence-corrected chi connectivity index (χ3v) is 8.39. The zero-order valence-corrected chi connectivity index (χ0v) is 26.0. The summed E-state index contributed by atoms with van der Waals surface area (Å²) < 4.78 is 67.1. The number of methoxy groups -OCH3 is 2. The van der Waals surface area contributed by atoms with Crippen LogP contribution in [0.15, 0.2) is 59.7 Å². The fourth-order valence-corrected chi connectivity index (χ4v) is 5.84. The molecule has 1 amide bonds. The van der Waals surface area contributed by atoms with Crippen LogP contribution in [0, 0.1) is 0 Å². The van der Waals surface area contributed by atoms with Crippen LogP contribution in [-0.2, 0) is 32.8 Å². The van der Waals surface area contributed by atoms with Crippen LogP contribution in [-0.4, -0.2) is 44.0 Å². The minimum Gasteiger partial charge on any atom is -0.496 e. The quantitative estimate of drug-likeness (QED) is 0.214. The number of amides is 1. The highest BCUT2D eigenvalue weighted by atomic mass is 19.4. The SMILES string of the molecule is COc1cc2c(c3c1C[C@@H](OC(=O)[C@@](OC)(c1ccccc1)C(F)(F)F)[C@](C)(CC/C=C(\C)CCC=C(C)C)O3)CNC2=O. The Hall–Kier alpha value is -3.79. The second-order valence-electron chi connectivity index (χ2n) is 11.8. The van der Waals surface area contributed by atoms with Crippen LogP contribution in [0.4, 0.5) is 13.2 Å². The maximum Gasteiger partial charge on any atom is 0.432 e. The lowest BCUT2D eigenvalue weighted by molar-refractivity contribution is -0.281. The summed E-state index contributed by atoms with van der Waals surface area (Å²) in [4.78, 5) is 26.2. The molecule has 0 bridgehead atoms. The Morgan fingerprint density at radius 1 is 1.09 bits per heavy atom. The van der Waals surface area contributed by atoms with Crippen molar-refractivity contribution in [3.63, 3.8) is 0 Å². The Bertz CT molecular complexity index is 1450. The fourth-order valence-electron chi connectivity index (χ4n) is 5.84. The van der Waals surface area contributed by atoms with E-state index in [9.17, 15) is 22.8 Å². The van der Waals surface area contributed by atoms with Gasteiger partial charge in [-0.3, -0.25) is 4.79 Å². The summed E-state index contributed by atoms with van der Waals surface area (Å²) in [5.74, 6) is -1.11. The second kappa shape index (κ2) is 13.1. The maximum absolute atomic E-state index is 14.7. The number of esters is 1. The first-order valence-electron chi connectivity index (χ1n) is 14.6. The van der Waals surface area contributed by atoms with Gasteiger partial charge in [0.15, 0.2) is 0 Å². The molecule has 0 saturated heterocycles. The summed E-state index contributed by atoms with van der Waals surface area (Å²) in [6.07, 6.45) is 0.593. The maximum atomic E-state index is 14.7. The van der Waals surface area contributed by atoms with E-state index in [-0.39, 0.29) is 18.9 Å². The smallest absolute Gasteiger partial charge is 0.432 e. The van der Waals surface area contributed by atoms with Crippen molar-refractivity contribution in [2.45, 2.75) is 89.8 Å². The van der Waals surface area contributed by atoms with Crippen molar-refractivity contribution in [3.05, 3.63) is 82.0 Å². The van der Waals surface area contributed by atoms with E-state index in [0.29, 0.717) is 41.0 Å². The monoisotopic (exact) mass is 615 g/mol. The normalized spacial score (nSPS) is 20.9. The molecule has 0 spiro atoms. The topological polar surface area (TPSA) is 83.1 Å². The van der Waals surface area contributed by atoms with Gasteiger partial charge in [0.05, 0.1) is 12.7 Å². The number of nitrogens with one attached hydrogen (secondary N) is 1. The molecule has 0 unspecified atom stereocenters. The van der Waals surface area contributed by atoms with E-state index in [2.05, 4.69) is 17.5 Å². The summed E-state index contributed by atoms with van der Waals surface area (Å²) in [7, 11) is 2.27. The zero-order chi connectivity index (χ0) is 32.3. The third-order valence-electron chi connectivity index (χ3n) is 8.39. The standard InChI is InChI=1S/C34H40F3NO6/c1-21(2)12-10-13-22(3)14-11-17-32(4)28(19-25-27(41-5)18-24-26(29(25)44-32)20-38-30(24)39)43-31(40)33(42-6,34(35,36)37)23-15-8-7-9-16-23/h7-9,12,14-16,18,28H,10-11,13,17,19-20H2,1-6H3,(H,38,39)/b22-14+/t28-,32+,33+/m1/s1. The highest BCUT2D eigenvalue weighted by Crippen LogP contribution is 2.48. The summed E-state index contributed by atoms with van der Waals surface area (Å²) in [6, 6.07) is 8.30. The lowest BCUT2D eigenvalue weighted by Crippen LogP contribution is -2.57. The highest BCUT2D eigenvalue weighted by Gasteiger charge is 2.65. The van der Waals surface area contributed by atoms with E-state index in [0.717, 1.165) is 25.5 Å². The summed E-state index contributed by atoms with van der Waals surface area (Å²) in [5.41, 5.74) is -1.03. The van der Waals surface area contributed by atoms with Gasteiger partial charge in [-0.2, -0.15) is 13.2 Å². The summed E-state index contributed by atoms with van der Waals surface area (Å²) in [6.45, 7) is 8.08. The minimum atomic E-state index is -5.13. The number of fused-ring (bicyclic) bond motifs is 3. The van der Waals surface area contributed by atoms with Crippen molar-refractivity contribution in [3.8, 4) is 11.5 Å². The molecule has 2 aliphatic heterocycles. The van der Waals surface area contributed by atoms with Gasteiger partial charge in [0.1, 0.15) is 23.2 Å². The van der Waals surface area contributed by atoms with Gasteiger partial charge in [-0.25, -0.2) is 4.79 Å². The molecule has 1 N–H and O–H groups in total. The number of hydrogen-bond acceptors (Lipinski definition) is 6. The number of carbonyl (C=O) groups is 2. The molecular weight excluding hydrogens is 575 g/mol. The van der Waals surface area contributed by atoms with E-state index in [1.165, 1.54) is 36.9 Å². The van der Waals surface area contributed by atoms with Gasteiger partial charge in [-0.05, 0) is 59.4 Å². The van der Waals surface area contributed by atoms with E-state index in [1.54, 1.807) is 19.1 Å². The van der Waals surface area contributed by atoms with Crippen molar-refractivity contribution < 1.29 is 41.7 Å². The van der Waals surface area contributed by atoms with Crippen LogP contribution in [0.2, 0.25) is 0 Å². The number of benzene rings is 2. The van der Waals surface area contributed by atoms with Gasteiger partial charge in [0.25, 0.3) is 11.5 Å². The Balaban J connectivity index is 1.73. The van der Waals surface area contributed by atoms with Crippen LogP contribution in [0.1, 0.15) is 80.4 Å². The number of carbonyl (C=O) groups excluding carboxylic acids is 2. The molecule has 2 heterocycles. The van der Waals surface area contributed by atoms with Crippen LogP contribution in [0.5, 0.6) is 11.5 Å². The Labute approximate surface area is 256 Å². The molecule has 238 valence electrons.